The highest BCUT2D eigenvalue weighted by molar-refractivity contribution is 5.77. The third-order valence-corrected chi connectivity index (χ3v) is 3.95. The van der Waals surface area contributed by atoms with Crippen LogP contribution in [0.5, 0.6) is 0 Å². The number of carbonyl (C=O) groups excluding carboxylic acids is 1. The number of rotatable bonds is 0. The summed E-state index contributed by atoms with van der Waals surface area (Å²) in [5.41, 5.74) is 0. The first-order valence-corrected chi connectivity index (χ1v) is 4.58. The van der Waals surface area contributed by atoms with E-state index in [0.29, 0.717) is 17.8 Å². The van der Waals surface area contributed by atoms with Gasteiger partial charge in [0.05, 0.1) is 12.0 Å². The minimum absolute atomic E-state index is 0.121. The van der Waals surface area contributed by atoms with E-state index in [4.69, 9.17) is 4.74 Å². The minimum Gasteiger partial charge on any atom is -0.461 e. The Morgan fingerprint density at radius 2 is 2.25 bits per heavy atom. The summed E-state index contributed by atoms with van der Waals surface area (Å²) in [4.78, 5) is 11.3. The number of ether oxygens (including phenoxy) is 1. The lowest BCUT2D eigenvalue weighted by Crippen LogP contribution is -2.35. The van der Waals surface area contributed by atoms with Gasteiger partial charge in [0.25, 0.3) is 0 Å². The molecule has 0 aromatic rings. The molecule has 0 amide bonds. The summed E-state index contributed by atoms with van der Waals surface area (Å²) in [5, 5.41) is 9.75. The highest BCUT2D eigenvalue weighted by Crippen LogP contribution is 2.57. The molecule has 2 bridgehead atoms. The maximum Gasteiger partial charge on any atom is 0.312 e. The van der Waals surface area contributed by atoms with Crippen LogP contribution in [-0.2, 0) is 9.53 Å². The van der Waals surface area contributed by atoms with Gasteiger partial charge in [-0.2, -0.15) is 0 Å². The lowest BCUT2D eigenvalue weighted by molar-refractivity contribution is -0.145. The van der Waals surface area contributed by atoms with E-state index in [0.717, 1.165) is 6.42 Å². The Labute approximate surface area is 70.7 Å². The quantitative estimate of drug-likeness (QED) is 0.525. The summed E-state index contributed by atoms with van der Waals surface area (Å²) in [5.74, 6) is 0.664. The normalized spacial score (nSPS) is 61.0. The zero-order valence-electron chi connectivity index (χ0n) is 6.93. The number of esters is 1. The van der Waals surface area contributed by atoms with Crippen molar-refractivity contribution in [3.05, 3.63) is 0 Å². The topological polar surface area (TPSA) is 46.5 Å². The Hall–Kier alpha value is -0.570. The minimum atomic E-state index is -0.420. The summed E-state index contributed by atoms with van der Waals surface area (Å²) >= 11 is 0. The number of aliphatic hydroxyl groups excluding tert-OH is 1. The van der Waals surface area contributed by atoms with E-state index in [1.54, 1.807) is 0 Å². The number of fused-ring (bicyclic) bond motifs is 1. The molecule has 0 spiro atoms. The van der Waals surface area contributed by atoms with Crippen molar-refractivity contribution in [2.45, 2.75) is 25.6 Å². The first-order chi connectivity index (χ1) is 5.70. The molecule has 1 N–H and O–H groups in total. The molecular formula is C9H12O3. The lowest BCUT2D eigenvalue weighted by atomic mass is 9.81. The van der Waals surface area contributed by atoms with Gasteiger partial charge < -0.3 is 9.84 Å². The molecule has 3 heteroatoms. The largest absolute Gasteiger partial charge is 0.461 e. The molecule has 1 saturated heterocycles. The molecule has 3 fully saturated rings. The van der Waals surface area contributed by atoms with Gasteiger partial charge in [0.15, 0.2) is 0 Å². The van der Waals surface area contributed by atoms with Crippen LogP contribution in [0, 0.1) is 23.7 Å². The van der Waals surface area contributed by atoms with Gasteiger partial charge in [-0.1, -0.05) is 6.92 Å². The van der Waals surface area contributed by atoms with Crippen LogP contribution in [0.2, 0.25) is 0 Å². The van der Waals surface area contributed by atoms with Crippen molar-refractivity contribution in [1.29, 1.82) is 0 Å². The second kappa shape index (κ2) is 1.84. The predicted octanol–water partition coefficient (Wildman–Crippen LogP) is 0.175. The molecule has 2 aliphatic carbocycles. The van der Waals surface area contributed by atoms with Gasteiger partial charge in [-0.25, -0.2) is 0 Å². The van der Waals surface area contributed by atoms with Gasteiger partial charge in [0.1, 0.15) is 6.10 Å². The molecule has 1 aliphatic heterocycles. The van der Waals surface area contributed by atoms with Gasteiger partial charge in [0, 0.05) is 5.92 Å². The van der Waals surface area contributed by atoms with Crippen molar-refractivity contribution in [3.63, 3.8) is 0 Å². The van der Waals surface area contributed by atoms with Crippen molar-refractivity contribution in [3.8, 4) is 0 Å². The average molecular weight is 168 g/mol. The Kier molecular flexibility index (Phi) is 1.06. The van der Waals surface area contributed by atoms with E-state index in [1.807, 2.05) is 0 Å². The summed E-state index contributed by atoms with van der Waals surface area (Å²) in [6, 6.07) is 0. The van der Waals surface area contributed by atoms with E-state index in [2.05, 4.69) is 6.92 Å². The first-order valence-electron chi connectivity index (χ1n) is 4.58. The summed E-state index contributed by atoms with van der Waals surface area (Å²) in [6.07, 6.45) is 0.691. The fraction of sp³-hybridized carbons (Fsp3) is 0.889. The van der Waals surface area contributed by atoms with Gasteiger partial charge in [-0.05, 0) is 18.3 Å². The molecule has 6 unspecified atom stereocenters. The molecule has 0 aromatic heterocycles. The SMILES string of the molecule is CC1C2CC3C1OC(=O)C3C2O. The summed E-state index contributed by atoms with van der Waals surface area (Å²) in [6.45, 7) is 2.08. The van der Waals surface area contributed by atoms with E-state index >= 15 is 0 Å². The Bertz CT molecular complexity index is 250. The lowest BCUT2D eigenvalue weighted by Gasteiger charge is -2.25. The molecule has 3 rings (SSSR count). The zero-order chi connectivity index (χ0) is 8.46. The molecule has 0 radical (unpaired) electrons. The van der Waals surface area contributed by atoms with Crippen molar-refractivity contribution < 1.29 is 14.6 Å². The maximum absolute atomic E-state index is 11.3. The van der Waals surface area contributed by atoms with Crippen molar-refractivity contribution in [2.24, 2.45) is 23.7 Å². The molecular weight excluding hydrogens is 156 g/mol. The van der Waals surface area contributed by atoms with Crippen molar-refractivity contribution >= 4 is 5.97 Å². The van der Waals surface area contributed by atoms with Crippen LogP contribution in [0.15, 0.2) is 0 Å². The zero-order valence-corrected chi connectivity index (χ0v) is 6.93. The smallest absolute Gasteiger partial charge is 0.312 e. The highest BCUT2D eigenvalue weighted by Gasteiger charge is 2.64. The van der Waals surface area contributed by atoms with Crippen LogP contribution < -0.4 is 0 Å². The van der Waals surface area contributed by atoms with E-state index in [1.165, 1.54) is 0 Å². The Morgan fingerprint density at radius 1 is 1.50 bits per heavy atom. The standard InChI is InChI=1S/C9H12O3/c1-3-4-2-5-6(7(4)10)9(11)12-8(3)5/h3-8,10H,2H2,1H3. The predicted molar refractivity (Wildman–Crippen MR) is 40.1 cm³/mol. The summed E-state index contributed by atoms with van der Waals surface area (Å²) < 4.78 is 5.22. The third-order valence-electron chi connectivity index (χ3n) is 3.95. The van der Waals surface area contributed by atoms with Gasteiger partial charge in [-0.15, -0.1) is 0 Å². The highest BCUT2D eigenvalue weighted by atomic mass is 16.6. The fourth-order valence-electron chi connectivity index (χ4n) is 3.34. The van der Waals surface area contributed by atoms with Crippen LogP contribution in [-0.4, -0.2) is 23.3 Å². The monoisotopic (exact) mass is 168 g/mol. The number of hydrogen-bond acceptors (Lipinski definition) is 3. The van der Waals surface area contributed by atoms with E-state index in [9.17, 15) is 9.90 Å². The van der Waals surface area contributed by atoms with E-state index < -0.39 is 6.10 Å². The molecule has 66 valence electrons. The second-order valence-corrected chi connectivity index (χ2v) is 4.34. The van der Waals surface area contributed by atoms with Gasteiger partial charge in [-0.3, -0.25) is 4.79 Å². The fourth-order valence-corrected chi connectivity index (χ4v) is 3.34. The maximum atomic E-state index is 11.3. The molecule has 2 saturated carbocycles. The molecule has 6 atom stereocenters. The molecule has 1 heterocycles. The first kappa shape index (κ1) is 6.89. The van der Waals surface area contributed by atoms with Crippen LogP contribution in [0.3, 0.4) is 0 Å². The van der Waals surface area contributed by atoms with Crippen molar-refractivity contribution in [1.82, 2.24) is 0 Å². The summed E-state index contributed by atoms with van der Waals surface area (Å²) in [7, 11) is 0. The third kappa shape index (κ3) is 0.534. The van der Waals surface area contributed by atoms with Crippen molar-refractivity contribution in [2.75, 3.05) is 0 Å². The van der Waals surface area contributed by atoms with Crippen LogP contribution in [0.4, 0.5) is 0 Å². The number of carbonyl (C=O) groups is 1. The Balaban J connectivity index is 2.06. The van der Waals surface area contributed by atoms with Crippen LogP contribution >= 0.6 is 0 Å². The number of hydrogen-bond donors (Lipinski definition) is 1. The van der Waals surface area contributed by atoms with Gasteiger partial charge in [0.2, 0.25) is 0 Å². The van der Waals surface area contributed by atoms with E-state index in [-0.39, 0.29) is 18.0 Å². The number of aliphatic hydroxyl groups is 1. The average Bonchev–Trinajstić information content (AvgIpc) is 2.56. The molecule has 0 aromatic carbocycles. The molecule has 12 heavy (non-hydrogen) atoms. The Morgan fingerprint density at radius 3 is 2.92 bits per heavy atom. The molecule has 3 nitrogen and oxygen atoms in total. The molecule has 3 aliphatic rings. The van der Waals surface area contributed by atoms with Gasteiger partial charge >= 0.3 is 5.97 Å². The van der Waals surface area contributed by atoms with Crippen LogP contribution in [0.25, 0.3) is 0 Å². The second-order valence-electron chi connectivity index (χ2n) is 4.34. The van der Waals surface area contributed by atoms with Crippen LogP contribution in [0.1, 0.15) is 13.3 Å².